The summed E-state index contributed by atoms with van der Waals surface area (Å²) in [5.41, 5.74) is 2.26. The molecule has 0 aromatic heterocycles. The first-order valence-corrected chi connectivity index (χ1v) is 13.8. The lowest BCUT2D eigenvalue weighted by atomic mass is 9.96. The second-order valence-electron chi connectivity index (χ2n) is 10.4. The van der Waals surface area contributed by atoms with Gasteiger partial charge in [-0.3, -0.25) is 4.79 Å². The van der Waals surface area contributed by atoms with Gasteiger partial charge in [-0.15, -0.1) is 0 Å². The zero-order chi connectivity index (χ0) is 23.0. The van der Waals surface area contributed by atoms with E-state index in [-0.39, 0.29) is 10.8 Å². The average Bonchev–Trinajstić information content (AvgIpc) is 3.02. The van der Waals surface area contributed by atoms with Crippen molar-refractivity contribution in [2.75, 3.05) is 13.7 Å². The molecule has 0 fully saturated rings. The van der Waals surface area contributed by atoms with Gasteiger partial charge >= 0.3 is 0 Å². The molecule has 1 atom stereocenters. The number of methoxy groups -OCH3 is 1. The fourth-order valence-corrected chi connectivity index (χ4v) is 4.85. The quantitative estimate of drug-likeness (QED) is 0.537. The number of rotatable bonds is 6. The fraction of sp³-hybridized carbons (Fsp3) is 0.560. The number of fused-ring (bicyclic) bond motifs is 1. The number of ketones is 1. The summed E-state index contributed by atoms with van der Waals surface area (Å²) in [5, 5.41) is 0.0330. The molecule has 5 nitrogen and oxygen atoms in total. The summed E-state index contributed by atoms with van der Waals surface area (Å²) in [5.74, 6) is 1.63. The maximum atomic E-state index is 12.3. The van der Waals surface area contributed by atoms with Gasteiger partial charge in [-0.2, -0.15) is 0 Å². The Kier molecular flexibility index (Phi) is 6.56. The topological polar surface area (TPSA) is 54.0 Å². The van der Waals surface area contributed by atoms with E-state index < -0.39 is 20.0 Å². The lowest BCUT2D eigenvalue weighted by Gasteiger charge is -2.44. The van der Waals surface area contributed by atoms with Gasteiger partial charge in [0, 0.05) is 12.0 Å². The van der Waals surface area contributed by atoms with Gasteiger partial charge in [-0.05, 0) is 61.3 Å². The number of benzene rings is 1. The molecule has 1 aromatic rings. The molecule has 0 radical (unpaired) electrons. The summed E-state index contributed by atoms with van der Waals surface area (Å²) in [4.78, 5) is 12.3. The summed E-state index contributed by atoms with van der Waals surface area (Å²) in [7, 11) is -0.490. The minimum absolute atomic E-state index is 0.0330. The van der Waals surface area contributed by atoms with Crippen LogP contribution in [0.4, 0.5) is 0 Å². The molecule has 0 saturated carbocycles. The summed E-state index contributed by atoms with van der Waals surface area (Å²) < 4.78 is 24.9. The van der Waals surface area contributed by atoms with Crippen molar-refractivity contribution in [3.8, 4) is 5.75 Å². The van der Waals surface area contributed by atoms with Crippen LogP contribution in [0.3, 0.4) is 0 Å². The Labute approximate surface area is 187 Å². The Morgan fingerprint density at radius 1 is 1.16 bits per heavy atom. The maximum absolute atomic E-state index is 12.3. The molecule has 31 heavy (non-hydrogen) atoms. The van der Waals surface area contributed by atoms with E-state index in [1.165, 1.54) is 0 Å². The minimum Gasteiger partial charge on any atom is -0.497 e. The predicted molar refractivity (Wildman–Crippen MR) is 125 cm³/mol. The zero-order valence-corrected chi connectivity index (χ0v) is 21.1. The van der Waals surface area contributed by atoms with E-state index in [2.05, 4.69) is 33.9 Å². The van der Waals surface area contributed by atoms with Crippen LogP contribution >= 0.6 is 0 Å². The van der Waals surface area contributed by atoms with E-state index in [0.29, 0.717) is 19.6 Å². The van der Waals surface area contributed by atoms with Crippen LogP contribution in [0.25, 0.3) is 0 Å². The lowest BCUT2D eigenvalue weighted by Crippen LogP contribution is -2.52. The molecule has 1 unspecified atom stereocenters. The third-order valence-electron chi connectivity index (χ3n) is 6.61. The second kappa shape index (κ2) is 8.56. The molecule has 1 aliphatic heterocycles. The highest BCUT2D eigenvalue weighted by Gasteiger charge is 2.48. The van der Waals surface area contributed by atoms with Crippen molar-refractivity contribution in [2.45, 2.75) is 77.5 Å². The van der Waals surface area contributed by atoms with Gasteiger partial charge in [-0.1, -0.05) is 32.9 Å². The van der Waals surface area contributed by atoms with Crippen LogP contribution in [0.5, 0.6) is 5.75 Å². The smallest absolute Gasteiger partial charge is 0.193 e. The van der Waals surface area contributed by atoms with Crippen molar-refractivity contribution in [1.29, 1.82) is 0 Å². The monoisotopic (exact) mass is 444 g/mol. The molecule has 0 saturated heterocycles. The van der Waals surface area contributed by atoms with E-state index in [0.717, 1.165) is 28.2 Å². The second-order valence-corrected chi connectivity index (χ2v) is 15.2. The first-order chi connectivity index (χ1) is 14.3. The Morgan fingerprint density at radius 3 is 2.39 bits per heavy atom. The molecule has 0 N–H and O–H groups in total. The molecule has 0 bridgehead atoms. The normalized spacial score (nSPS) is 21.5. The average molecular weight is 445 g/mol. The van der Waals surface area contributed by atoms with Crippen LogP contribution in [0.15, 0.2) is 47.2 Å². The van der Waals surface area contributed by atoms with Gasteiger partial charge in [0.1, 0.15) is 24.2 Å². The van der Waals surface area contributed by atoms with Crippen LogP contribution < -0.4 is 4.74 Å². The minimum atomic E-state index is -2.14. The molecule has 170 valence electrons. The molecule has 1 heterocycles. The number of carbonyl (C=O) groups excluding carboxylic acids is 1. The highest BCUT2D eigenvalue weighted by Crippen LogP contribution is 2.44. The molecule has 1 aliphatic carbocycles. The van der Waals surface area contributed by atoms with Crippen molar-refractivity contribution in [3.63, 3.8) is 0 Å². The fourth-order valence-electron chi connectivity index (χ4n) is 3.52. The summed E-state index contributed by atoms with van der Waals surface area (Å²) in [6.45, 7) is 16.0. The van der Waals surface area contributed by atoms with Crippen LogP contribution in [0, 0.1) is 0 Å². The van der Waals surface area contributed by atoms with Crippen molar-refractivity contribution >= 4 is 14.1 Å². The maximum Gasteiger partial charge on any atom is 0.193 e. The van der Waals surface area contributed by atoms with Gasteiger partial charge < -0.3 is 18.6 Å². The van der Waals surface area contributed by atoms with E-state index >= 15 is 0 Å². The molecule has 2 aliphatic rings. The lowest BCUT2D eigenvalue weighted by molar-refractivity contribution is -0.113. The molecule has 0 amide bonds. The van der Waals surface area contributed by atoms with Gasteiger partial charge in [0.2, 0.25) is 0 Å². The summed E-state index contributed by atoms with van der Waals surface area (Å²) in [6, 6.07) is 7.82. The summed E-state index contributed by atoms with van der Waals surface area (Å²) >= 11 is 0. The highest BCUT2D eigenvalue weighted by molar-refractivity contribution is 6.74. The first-order valence-electron chi connectivity index (χ1n) is 10.9. The third-order valence-corrected chi connectivity index (χ3v) is 11.0. The molecular weight excluding hydrogens is 408 g/mol. The zero-order valence-electron chi connectivity index (χ0n) is 20.1. The number of hydrogen-bond donors (Lipinski definition) is 0. The Bertz CT molecular complexity index is 887. The van der Waals surface area contributed by atoms with Crippen molar-refractivity contribution in [2.24, 2.45) is 0 Å². The Balaban J connectivity index is 1.99. The summed E-state index contributed by atoms with van der Waals surface area (Å²) in [6.07, 6.45) is 1.64. The van der Waals surface area contributed by atoms with Gasteiger partial charge in [0.05, 0.1) is 19.3 Å². The molecule has 0 spiro atoms. The standard InChI is InChI=1S/C25H36O5Si/c1-24(2,3)31(7,8)30-23-22(28-15-17-9-11-20(27-6)12-10-17)21-14-19(26)13-18(21)16-29-25(23,4)5/h9-13,23H,14-16H2,1-8H3. The SMILES string of the molecule is COc1ccc(COC2=C3CC(=O)C=C3COC(C)(C)C2O[Si](C)(C)C(C)(C)C)cc1. The van der Waals surface area contributed by atoms with Gasteiger partial charge in [0.15, 0.2) is 14.1 Å². The van der Waals surface area contributed by atoms with Crippen LogP contribution in [-0.4, -0.2) is 39.5 Å². The van der Waals surface area contributed by atoms with Gasteiger partial charge in [-0.25, -0.2) is 0 Å². The molecule has 6 heteroatoms. The van der Waals surface area contributed by atoms with Crippen LogP contribution in [0.1, 0.15) is 46.6 Å². The van der Waals surface area contributed by atoms with Crippen molar-refractivity contribution in [1.82, 2.24) is 0 Å². The third kappa shape index (κ3) is 5.13. The van der Waals surface area contributed by atoms with E-state index in [4.69, 9.17) is 18.6 Å². The number of carbonyl (C=O) groups is 1. The van der Waals surface area contributed by atoms with Crippen molar-refractivity contribution in [3.05, 3.63) is 52.8 Å². The van der Waals surface area contributed by atoms with Crippen LogP contribution in [0.2, 0.25) is 18.1 Å². The predicted octanol–water partition coefficient (Wildman–Crippen LogP) is 5.56. The number of ether oxygens (including phenoxy) is 3. The number of allylic oxidation sites excluding steroid dienone is 1. The van der Waals surface area contributed by atoms with Crippen molar-refractivity contribution < 1.29 is 23.4 Å². The molecule has 3 rings (SSSR count). The van der Waals surface area contributed by atoms with E-state index in [1.54, 1.807) is 13.2 Å². The van der Waals surface area contributed by atoms with E-state index in [1.807, 2.05) is 38.1 Å². The number of hydrogen-bond acceptors (Lipinski definition) is 5. The highest BCUT2D eigenvalue weighted by atomic mass is 28.4. The molecule has 1 aromatic carbocycles. The molecular formula is C25H36O5Si. The van der Waals surface area contributed by atoms with Gasteiger partial charge in [0.25, 0.3) is 0 Å². The largest absolute Gasteiger partial charge is 0.497 e. The Morgan fingerprint density at radius 2 is 1.81 bits per heavy atom. The van der Waals surface area contributed by atoms with Crippen LogP contribution in [-0.2, 0) is 25.3 Å². The first kappa shape index (κ1) is 23.8. The Hall–Kier alpha value is -1.89. The van der Waals surface area contributed by atoms with E-state index in [9.17, 15) is 4.79 Å².